The molecular formula is C35H32N2O3. The lowest BCUT2D eigenvalue weighted by Gasteiger charge is -2.42. The van der Waals surface area contributed by atoms with Crippen LogP contribution in [0.1, 0.15) is 61.0 Å². The Morgan fingerprint density at radius 3 is 2.17 bits per heavy atom. The molecule has 2 unspecified atom stereocenters. The van der Waals surface area contributed by atoms with Crippen LogP contribution in [0.2, 0.25) is 0 Å². The summed E-state index contributed by atoms with van der Waals surface area (Å²) in [5.41, 5.74) is 6.59. The van der Waals surface area contributed by atoms with E-state index in [9.17, 15) is 14.4 Å². The third-order valence-corrected chi connectivity index (χ3v) is 8.21. The summed E-state index contributed by atoms with van der Waals surface area (Å²) < 4.78 is 0. The van der Waals surface area contributed by atoms with Gasteiger partial charge < -0.3 is 4.90 Å². The predicted octanol–water partition coefficient (Wildman–Crippen LogP) is 6.17. The Labute approximate surface area is 235 Å². The third kappa shape index (κ3) is 4.95. The summed E-state index contributed by atoms with van der Waals surface area (Å²) in [5, 5.41) is 0. The zero-order valence-corrected chi connectivity index (χ0v) is 22.6. The number of imide groups is 1. The van der Waals surface area contributed by atoms with E-state index < -0.39 is 11.8 Å². The molecule has 200 valence electrons. The molecule has 0 fully saturated rings. The highest BCUT2D eigenvalue weighted by Gasteiger charge is 2.40. The normalized spacial score (nSPS) is 17.9. The van der Waals surface area contributed by atoms with Crippen LogP contribution in [0.3, 0.4) is 0 Å². The monoisotopic (exact) mass is 528 g/mol. The molecule has 0 saturated carbocycles. The highest BCUT2D eigenvalue weighted by Crippen LogP contribution is 2.41. The molecule has 4 aromatic carbocycles. The van der Waals surface area contributed by atoms with Crippen molar-refractivity contribution < 1.29 is 14.4 Å². The van der Waals surface area contributed by atoms with Crippen LogP contribution in [0, 0.1) is 12.8 Å². The molecule has 4 aromatic rings. The molecule has 1 heterocycles. The van der Waals surface area contributed by atoms with E-state index in [2.05, 4.69) is 49.4 Å². The van der Waals surface area contributed by atoms with Crippen LogP contribution in [0.5, 0.6) is 0 Å². The highest BCUT2D eigenvalue weighted by atomic mass is 16.2. The number of hydrogen-bond acceptors (Lipinski definition) is 3. The minimum absolute atomic E-state index is 0.187. The Balaban J connectivity index is 1.38. The van der Waals surface area contributed by atoms with Gasteiger partial charge in [-0.25, -0.2) is 0 Å². The summed E-state index contributed by atoms with van der Waals surface area (Å²) in [5.74, 6) is -0.858. The van der Waals surface area contributed by atoms with Gasteiger partial charge in [-0.2, -0.15) is 0 Å². The van der Waals surface area contributed by atoms with Gasteiger partial charge in [-0.15, -0.1) is 0 Å². The van der Waals surface area contributed by atoms with Crippen LogP contribution in [0.15, 0.2) is 103 Å². The van der Waals surface area contributed by atoms with Gasteiger partial charge in [0.05, 0.1) is 17.2 Å². The zero-order chi connectivity index (χ0) is 27.6. The molecular weight excluding hydrogens is 496 g/mol. The summed E-state index contributed by atoms with van der Waals surface area (Å²) in [6.07, 6.45) is 2.74. The summed E-state index contributed by atoms with van der Waals surface area (Å²) in [4.78, 5) is 43.6. The first-order chi connectivity index (χ1) is 19.5. The van der Waals surface area contributed by atoms with Gasteiger partial charge >= 0.3 is 0 Å². The summed E-state index contributed by atoms with van der Waals surface area (Å²) in [6, 6.07) is 33.5. The van der Waals surface area contributed by atoms with E-state index in [0.717, 1.165) is 35.3 Å². The average Bonchev–Trinajstić information content (AvgIpc) is 3.21. The number of nitrogens with zero attached hydrogens (tertiary/aromatic N) is 2. The topological polar surface area (TPSA) is 57.7 Å². The van der Waals surface area contributed by atoms with Gasteiger partial charge in [0.25, 0.3) is 11.8 Å². The number of carbonyl (C=O) groups is 3. The lowest BCUT2D eigenvalue weighted by Crippen LogP contribution is -2.46. The van der Waals surface area contributed by atoms with E-state index in [0.29, 0.717) is 17.7 Å². The summed E-state index contributed by atoms with van der Waals surface area (Å²) in [6.45, 7) is 2.21. The van der Waals surface area contributed by atoms with Gasteiger partial charge in [0.1, 0.15) is 6.54 Å². The van der Waals surface area contributed by atoms with E-state index in [1.807, 2.05) is 41.3 Å². The van der Waals surface area contributed by atoms with Crippen LogP contribution >= 0.6 is 0 Å². The van der Waals surface area contributed by atoms with Crippen LogP contribution < -0.4 is 0 Å². The second-order valence-corrected chi connectivity index (χ2v) is 10.9. The van der Waals surface area contributed by atoms with Crippen molar-refractivity contribution >= 4 is 17.7 Å². The number of hydrogen-bond donors (Lipinski definition) is 0. The van der Waals surface area contributed by atoms with Gasteiger partial charge in [-0.1, -0.05) is 96.6 Å². The number of rotatable bonds is 7. The lowest BCUT2D eigenvalue weighted by atomic mass is 9.76. The molecule has 6 rings (SSSR count). The molecule has 0 aromatic heterocycles. The predicted molar refractivity (Wildman–Crippen MR) is 155 cm³/mol. The molecule has 1 aliphatic carbocycles. The Hall–Kier alpha value is -4.51. The summed E-state index contributed by atoms with van der Waals surface area (Å²) in [7, 11) is 0. The number of carbonyl (C=O) groups excluding carboxylic acids is 3. The van der Waals surface area contributed by atoms with E-state index in [-0.39, 0.29) is 24.4 Å². The molecule has 3 amide bonds. The first kappa shape index (κ1) is 25.8. The molecule has 40 heavy (non-hydrogen) atoms. The minimum atomic E-state index is -0.408. The van der Waals surface area contributed by atoms with Crippen LogP contribution in [0.4, 0.5) is 0 Å². The van der Waals surface area contributed by atoms with Gasteiger partial charge in [0.15, 0.2) is 0 Å². The van der Waals surface area contributed by atoms with E-state index in [4.69, 9.17) is 0 Å². The van der Waals surface area contributed by atoms with E-state index >= 15 is 0 Å². The molecule has 0 bridgehead atoms. The van der Waals surface area contributed by atoms with Gasteiger partial charge in [-0.05, 0) is 66.5 Å². The molecule has 0 N–H and O–H groups in total. The van der Waals surface area contributed by atoms with Crippen molar-refractivity contribution in [2.75, 3.05) is 6.54 Å². The van der Waals surface area contributed by atoms with Crippen molar-refractivity contribution in [2.45, 2.75) is 38.8 Å². The van der Waals surface area contributed by atoms with Crippen molar-refractivity contribution in [3.8, 4) is 0 Å². The maximum atomic E-state index is 14.3. The maximum absolute atomic E-state index is 14.3. The third-order valence-electron chi connectivity index (χ3n) is 8.21. The zero-order valence-electron chi connectivity index (χ0n) is 22.6. The van der Waals surface area contributed by atoms with Crippen molar-refractivity contribution in [3.05, 3.63) is 142 Å². The second-order valence-electron chi connectivity index (χ2n) is 10.9. The fourth-order valence-electron chi connectivity index (χ4n) is 6.31. The van der Waals surface area contributed by atoms with Crippen molar-refractivity contribution in [1.82, 2.24) is 9.80 Å². The second kappa shape index (κ2) is 10.9. The standard InChI is InChI=1S/C35H32N2O3/c1-24-10-9-13-26(20-24)21-28-19-18-27-14-5-6-15-29(27)33(28)36(22-25-11-3-2-4-12-25)32(38)23-37-34(39)30-16-7-8-17-31(30)35(37)40/h2-17,20,28,33H,18-19,21-23H2,1H3. The molecule has 0 radical (unpaired) electrons. The number of fused-ring (bicyclic) bond motifs is 2. The van der Waals surface area contributed by atoms with Crippen molar-refractivity contribution in [2.24, 2.45) is 5.92 Å². The Morgan fingerprint density at radius 2 is 1.45 bits per heavy atom. The smallest absolute Gasteiger partial charge is 0.262 e. The Bertz CT molecular complexity index is 1540. The number of aryl methyl sites for hydroxylation is 2. The first-order valence-corrected chi connectivity index (χ1v) is 13.9. The SMILES string of the molecule is Cc1cccc(CC2CCc3ccccc3C2N(Cc2ccccc2)C(=O)CN2C(=O)c3ccccc3C2=O)c1. The minimum Gasteiger partial charge on any atom is -0.329 e. The first-order valence-electron chi connectivity index (χ1n) is 13.9. The van der Waals surface area contributed by atoms with Crippen molar-refractivity contribution in [1.29, 1.82) is 0 Å². The van der Waals surface area contributed by atoms with Gasteiger partial charge in [0, 0.05) is 6.54 Å². The lowest BCUT2D eigenvalue weighted by molar-refractivity contribution is -0.136. The molecule has 5 nitrogen and oxygen atoms in total. The Kier molecular flexibility index (Phi) is 7.04. The molecule has 5 heteroatoms. The van der Waals surface area contributed by atoms with Crippen LogP contribution in [0.25, 0.3) is 0 Å². The van der Waals surface area contributed by atoms with Crippen LogP contribution in [-0.2, 0) is 24.2 Å². The quantitative estimate of drug-likeness (QED) is 0.270. The summed E-state index contributed by atoms with van der Waals surface area (Å²) >= 11 is 0. The van der Waals surface area contributed by atoms with E-state index in [1.165, 1.54) is 16.7 Å². The molecule has 0 saturated heterocycles. The maximum Gasteiger partial charge on any atom is 0.262 e. The molecule has 2 atom stereocenters. The average molecular weight is 529 g/mol. The largest absolute Gasteiger partial charge is 0.329 e. The van der Waals surface area contributed by atoms with Gasteiger partial charge in [0.2, 0.25) is 5.91 Å². The fourth-order valence-corrected chi connectivity index (χ4v) is 6.31. The molecule has 1 aliphatic heterocycles. The Morgan fingerprint density at radius 1 is 0.800 bits per heavy atom. The molecule has 0 spiro atoms. The highest BCUT2D eigenvalue weighted by molar-refractivity contribution is 6.22. The number of benzene rings is 4. The van der Waals surface area contributed by atoms with E-state index in [1.54, 1.807) is 24.3 Å². The fraction of sp³-hybridized carbons (Fsp3) is 0.229. The molecule has 2 aliphatic rings. The number of amides is 3. The van der Waals surface area contributed by atoms with Gasteiger partial charge in [-0.3, -0.25) is 19.3 Å². The van der Waals surface area contributed by atoms with Crippen molar-refractivity contribution in [3.63, 3.8) is 0 Å². The van der Waals surface area contributed by atoms with Crippen LogP contribution in [-0.4, -0.2) is 34.1 Å².